The lowest BCUT2D eigenvalue weighted by Crippen LogP contribution is -2.47. The van der Waals surface area contributed by atoms with Gasteiger partial charge in [0.1, 0.15) is 0 Å². The zero-order valence-corrected chi connectivity index (χ0v) is 13.6. The molecule has 0 aromatic heterocycles. The number of hydrogen-bond donors (Lipinski definition) is 0. The zero-order valence-electron chi connectivity index (χ0n) is 13.6. The number of fused-ring (bicyclic) bond motifs is 1. The highest BCUT2D eigenvalue weighted by atomic mass is 14.6. The van der Waals surface area contributed by atoms with Gasteiger partial charge >= 0.3 is 0 Å². The molecule has 0 fully saturated rings. The average Bonchev–Trinajstić information content (AvgIpc) is 2.60. The van der Waals surface area contributed by atoms with Crippen LogP contribution in [0.5, 0.6) is 0 Å². The highest BCUT2D eigenvalue weighted by molar-refractivity contribution is 5.50. The molecular formula is C19H30. The molecule has 0 heteroatoms. The van der Waals surface area contributed by atoms with Crippen molar-refractivity contribution < 1.29 is 0 Å². The lowest BCUT2D eigenvalue weighted by Gasteiger charge is -2.50. The first-order valence-electron chi connectivity index (χ1n) is 8.07. The standard InChI is InChI=1S/C19H30/c1-7-18(8-2)15-13-11-12-14-16(15)19(9-3,10-4)17(18,5)6/h11-14H,7-10H2,1-6H3. The minimum atomic E-state index is 0.330. The van der Waals surface area contributed by atoms with Crippen LogP contribution in [0.2, 0.25) is 0 Å². The van der Waals surface area contributed by atoms with Crippen molar-refractivity contribution in [2.75, 3.05) is 0 Å². The van der Waals surface area contributed by atoms with Crippen molar-refractivity contribution in [2.24, 2.45) is 5.41 Å². The second kappa shape index (κ2) is 4.65. The van der Waals surface area contributed by atoms with Crippen LogP contribution in [0.3, 0.4) is 0 Å². The second-order valence-electron chi connectivity index (χ2n) is 6.75. The van der Waals surface area contributed by atoms with E-state index in [1.54, 1.807) is 11.1 Å². The van der Waals surface area contributed by atoms with E-state index in [1.807, 2.05) is 0 Å². The average molecular weight is 258 g/mol. The molecule has 1 aromatic carbocycles. The van der Waals surface area contributed by atoms with Gasteiger partial charge in [-0.3, -0.25) is 0 Å². The van der Waals surface area contributed by atoms with E-state index in [-0.39, 0.29) is 0 Å². The van der Waals surface area contributed by atoms with Crippen LogP contribution in [-0.4, -0.2) is 0 Å². The van der Waals surface area contributed by atoms with Crippen LogP contribution in [-0.2, 0) is 10.8 Å². The van der Waals surface area contributed by atoms with E-state index in [0.717, 1.165) is 0 Å². The summed E-state index contributed by atoms with van der Waals surface area (Å²) in [4.78, 5) is 0. The van der Waals surface area contributed by atoms with Crippen molar-refractivity contribution in [3.63, 3.8) is 0 Å². The van der Waals surface area contributed by atoms with Gasteiger partial charge in [-0.1, -0.05) is 65.8 Å². The minimum absolute atomic E-state index is 0.330. The van der Waals surface area contributed by atoms with Crippen LogP contribution >= 0.6 is 0 Å². The summed E-state index contributed by atoms with van der Waals surface area (Å²) < 4.78 is 0. The first kappa shape index (κ1) is 14.6. The molecule has 19 heavy (non-hydrogen) atoms. The third-order valence-corrected chi connectivity index (χ3v) is 6.77. The van der Waals surface area contributed by atoms with E-state index in [2.05, 4.69) is 65.8 Å². The summed E-state index contributed by atoms with van der Waals surface area (Å²) in [5, 5.41) is 0. The number of rotatable bonds is 4. The Hall–Kier alpha value is -0.780. The Morgan fingerprint density at radius 3 is 1.26 bits per heavy atom. The maximum absolute atomic E-state index is 2.52. The van der Waals surface area contributed by atoms with Crippen LogP contribution < -0.4 is 0 Å². The maximum atomic E-state index is 2.52. The summed E-state index contributed by atoms with van der Waals surface area (Å²) in [7, 11) is 0. The van der Waals surface area contributed by atoms with E-state index >= 15 is 0 Å². The minimum Gasteiger partial charge on any atom is -0.0645 e. The predicted octanol–water partition coefficient (Wildman–Crippen LogP) is 5.84. The molecule has 0 aliphatic heterocycles. The molecule has 2 rings (SSSR count). The van der Waals surface area contributed by atoms with Crippen molar-refractivity contribution >= 4 is 0 Å². The van der Waals surface area contributed by atoms with Crippen molar-refractivity contribution in [2.45, 2.75) is 78.1 Å². The van der Waals surface area contributed by atoms with Gasteiger partial charge in [-0.2, -0.15) is 0 Å². The second-order valence-corrected chi connectivity index (χ2v) is 6.75. The Labute approximate surface area is 119 Å². The predicted molar refractivity (Wildman–Crippen MR) is 84.7 cm³/mol. The zero-order chi connectivity index (χ0) is 14.3. The Morgan fingerprint density at radius 1 is 0.684 bits per heavy atom. The Bertz CT molecular complexity index is 404. The van der Waals surface area contributed by atoms with Gasteiger partial charge in [-0.15, -0.1) is 0 Å². The normalized spacial score (nSPS) is 22.2. The quantitative estimate of drug-likeness (QED) is 0.636. The summed E-state index contributed by atoms with van der Waals surface area (Å²) in [5.74, 6) is 0. The molecule has 0 N–H and O–H groups in total. The molecule has 1 aromatic rings. The van der Waals surface area contributed by atoms with E-state index in [1.165, 1.54) is 25.7 Å². The van der Waals surface area contributed by atoms with Gasteiger partial charge in [0.25, 0.3) is 0 Å². The number of benzene rings is 1. The Morgan fingerprint density at radius 2 is 1.00 bits per heavy atom. The molecule has 0 radical (unpaired) electrons. The van der Waals surface area contributed by atoms with E-state index in [9.17, 15) is 0 Å². The summed E-state index contributed by atoms with van der Waals surface area (Å²) in [5.41, 5.74) is 4.28. The molecule has 0 unspecified atom stereocenters. The van der Waals surface area contributed by atoms with Gasteiger partial charge in [0.15, 0.2) is 0 Å². The lowest BCUT2D eigenvalue weighted by molar-refractivity contribution is 0.0611. The van der Waals surface area contributed by atoms with E-state index in [0.29, 0.717) is 16.2 Å². The smallest absolute Gasteiger partial charge is 0.00103 e. The summed E-state index contributed by atoms with van der Waals surface area (Å²) in [6, 6.07) is 9.26. The first-order valence-corrected chi connectivity index (χ1v) is 8.07. The van der Waals surface area contributed by atoms with E-state index < -0.39 is 0 Å². The van der Waals surface area contributed by atoms with Gasteiger partial charge in [0.05, 0.1) is 0 Å². The van der Waals surface area contributed by atoms with Crippen molar-refractivity contribution in [3.8, 4) is 0 Å². The summed E-state index contributed by atoms with van der Waals surface area (Å²) >= 11 is 0. The fourth-order valence-electron chi connectivity index (χ4n) is 5.48. The van der Waals surface area contributed by atoms with Crippen molar-refractivity contribution in [1.29, 1.82) is 0 Å². The number of hydrogen-bond acceptors (Lipinski definition) is 0. The molecule has 1 aliphatic carbocycles. The topological polar surface area (TPSA) is 0 Å². The molecule has 0 saturated heterocycles. The van der Waals surface area contributed by atoms with Crippen LogP contribution in [0.1, 0.15) is 78.4 Å². The van der Waals surface area contributed by atoms with E-state index in [4.69, 9.17) is 0 Å². The molecule has 0 amide bonds. The first-order chi connectivity index (χ1) is 8.97. The molecule has 106 valence electrons. The van der Waals surface area contributed by atoms with Crippen LogP contribution in [0.15, 0.2) is 24.3 Å². The third-order valence-electron chi connectivity index (χ3n) is 6.77. The van der Waals surface area contributed by atoms with Gasteiger partial charge in [0.2, 0.25) is 0 Å². The summed E-state index contributed by atoms with van der Waals surface area (Å²) in [6.07, 6.45) is 4.98. The van der Waals surface area contributed by atoms with Gasteiger partial charge in [0, 0.05) is 10.8 Å². The van der Waals surface area contributed by atoms with Gasteiger partial charge in [-0.05, 0) is 42.2 Å². The molecule has 0 saturated carbocycles. The molecule has 1 aliphatic rings. The lowest BCUT2D eigenvalue weighted by atomic mass is 9.53. The molecule has 0 heterocycles. The maximum Gasteiger partial charge on any atom is 0.00103 e. The van der Waals surface area contributed by atoms with Crippen LogP contribution in [0.25, 0.3) is 0 Å². The Balaban J connectivity index is 2.82. The molecule has 0 bridgehead atoms. The van der Waals surface area contributed by atoms with Gasteiger partial charge < -0.3 is 0 Å². The fraction of sp³-hybridized carbons (Fsp3) is 0.684. The van der Waals surface area contributed by atoms with Gasteiger partial charge in [-0.25, -0.2) is 0 Å². The van der Waals surface area contributed by atoms with Crippen molar-refractivity contribution in [3.05, 3.63) is 35.4 Å². The monoisotopic (exact) mass is 258 g/mol. The third kappa shape index (κ3) is 1.46. The molecule has 0 atom stereocenters. The largest absolute Gasteiger partial charge is 0.0645 e. The molecular weight excluding hydrogens is 228 g/mol. The molecule has 0 spiro atoms. The highest BCUT2D eigenvalue weighted by Crippen LogP contribution is 2.66. The highest BCUT2D eigenvalue weighted by Gasteiger charge is 2.61. The molecule has 0 nitrogen and oxygen atoms in total. The SMILES string of the molecule is CCC1(CC)c2ccccc2C(CC)(CC)C1(C)C. The fourth-order valence-corrected chi connectivity index (χ4v) is 5.48. The van der Waals surface area contributed by atoms with Crippen LogP contribution in [0, 0.1) is 5.41 Å². The Kier molecular flexibility index (Phi) is 3.58. The van der Waals surface area contributed by atoms with Crippen molar-refractivity contribution in [1.82, 2.24) is 0 Å². The van der Waals surface area contributed by atoms with Crippen LogP contribution in [0.4, 0.5) is 0 Å². The summed E-state index contributed by atoms with van der Waals surface area (Å²) in [6.45, 7) is 14.6.